The molecule has 0 saturated carbocycles. The summed E-state index contributed by atoms with van der Waals surface area (Å²) in [4.78, 5) is 8.53. The number of hydrogen-bond donors (Lipinski definition) is 0. The number of fused-ring (bicyclic) bond motifs is 1. The van der Waals surface area contributed by atoms with E-state index in [1.807, 2.05) is 30.3 Å². The van der Waals surface area contributed by atoms with Crippen molar-refractivity contribution in [1.29, 1.82) is 0 Å². The molecule has 2 heterocycles. The van der Waals surface area contributed by atoms with E-state index < -0.39 is 0 Å². The second-order valence-electron chi connectivity index (χ2n) is 3.74. The van der Waals surface area contributed by atoms with Gasteiger partial charge in [-0.05, 0) is 17.7 Å². The highest BCUT2D eigenvalue weighted by Crippen LogP contribution is 2.07. The van der Waals surface area contributed by atoms with Gasteiger partial charge >= 0.3 is 0 Å². The Labute approximate surface area is 98.4 Å². The average molecular weight is 222 g/mol. The van der Waals surface area contributed by atoms with Gasteiger partial charge in [0.15, 0.2) is 11.5 Å². The van der Waals surface area contributed by atoms with Crippen molar-refractivity contribution in [3.05, 3.63) is 60.0 Å². The van der Waals surface area contributed by atoms with Crippen LogP contribution in [0, 0.1) is 0 Å². The lowest BCUT2D eigenvalue weighted by atomic mass is 10.1. The van der Waals surface area contributed by atoms with Gasteiger partial charge < -0.3 is 0 Å². The fraction of sp³-hybridized carbons (Fsp3) is 0.0769. The van der Waals surface area contributed by atoms with Crippen LogP contribution in [-0.2, 0) is 6.42 Å². The molecule has 17 heavy (non-hydrogen) atoms. The number of rotatable bonds is 2. The molecule has 0 saturated heterocycles. The highest BCUT2D eigenvalue weighted by atomic mass is 15.2. The van der Waals surface area contributed by atoms with Crippen LogP contribution < -0.4 is 0 Å². The van der Waals surface area contributed by atoms with Gasteiger partial charge in [-0.3, -0.25) is 0 Å². The summed E-state index contributed by atoms with van der Waals surface area (Å²) in [7, 11) is 0. The molecule has 4 nitrogen and oxygen atoms in total. The Morgan fingerprint density at radius 1 is 0.882 bits per heavy atom. The molecule has 3 aromatic rings. The first-order valence-electron chi connectivity index (χ1n) is 5.40. The van der Waals surface area contributed by atoms with Crippen molar-refractivity contribution in [3.8, 4) is 0 Å². The Kier molecular flexibility index (Phi) is 2.46. The first-order chi connectivity index (χ1) is 8.42. The molecule has 0 fully saturated rings. The van der Waals surface area contributed by atoms with Crippen molar-refractivity contribution < 1.29 is 0 Å². The Bertz CT molecular complexity index is 637. The minimum Gasteiger partial charge on any atom is -0.234 e. The molecule has 82 valence electrons. The van der Waals surface area contributed by atoms with Crippen molar-refractivity contribution in [1.82, 2.24) is 20.2 Å². The Morgan fingerprint density at radius 2 is 1.76 bits per heavy atom. The summed E-state index contributed by atoms with van der Waals surface area (Å²) in [5.41, 5.74) is 2.55. The zero-order chi connectivity index (χ0) is 11.5. The van der Waals surface area contributed by atoms with Gasteiger partial charge in [-0.15, -0.1) is 10.2 Å². The molecule has 0 atom stereocenters. The summed E-state index contributed by atoms with van der Waals surface area (Å²) >= 11 is 0. The summed E-state index contributed by atoms with van der Waals surface area (Å²) in [5.74, 6) is 0.719. The molecule has 0 aliphatic rings. The van der Waals surface area contributed by atoms with Crippen LogP contribution in [0.5, 0.6) is 0 Å². The topological polar surface area (TPSA) is 51.6 Å². The summed E-state index contributed by atoms with van der Waals surface area (Å²) < 4.78 is 0. The van der Waals surface area contributed by atoms with E-state index in [2.05, 4.69) is 32.3 Å². The number of pyridine rings is 1. The molecule has 3 rings (SSSR count). The van der Waals surface area contributed by atoms with Crippen molar-refractivity contribution in [3.63, 3.8) is 0 Å². The molecular formula is C13H10N4. The molecule has 0 spiro atoms. The number of aromatic nitrogens is 4. The van der Waals surface area contributed by atoms with Crippen LogP contribution in [0.4, 0.5) is 0 Å². The van der Waals surface area contributed by atoms with E-state index in [1.165, 1.54) is 5.56 Å². The van der Waals surface area contributed by atoms with Gasteiger partial charge in [-0.1, -0.05) is 30.3 Å². The van der Waals surface area contributed by atoms with Crippen LogP contribution in [0.1, 0.15) is 11.4 Å². The monoisotopic (exact) mass is 222 g/mol. The van der Waals surface area contributed by atoms with Gasteiger partial charge in [0.1, 0.15) is 5.52 Å². The van der Waals surface area contributed by atoms with Crippen LogP contribution in [-0.4, -0.2) is 20.2 Å². The fourth-order valence-corrected chi connectivity index (χ4v) is 1.67. The van der Waals surface area contributed by atoms with E-state index in [1.54, 1.807) is 6.20 Å². The quantitative estimate of drug-likeness (QED) is 0.665. The van der Waals surface area contributed by atoms with E-state index in [4.69, 9.17) is 0 Å². The maximum Gasteiger partial charge on any atom is 0.200 e. The van der Waals surface area contributed by atoms with Gasteiger partial charge in [0.25, 0.3) is 0 Å². The molecule has 0 radical (unpaired) electrons. The standard InChI is InChI=1S/C13H10N4/c1-2-5-10(6-3-1)9-12-15-11-7-4-8-14-13(11)17-16-12/h1-8H,9H2. The maximum atomic E-state index is 4.43. The van der Waals surface area contributed by atoms with E-state index in [-0.39, 0.29) is 0 Å². The first-order valence-corrected chi connectivity index (χ1v) is 5.40. The second-order valence-corrected chi connectivity index (χ2v) is 3.74. The Balaban J connectivity index is 1.96. The van der Waals surface area contributed by atoms with Gasteiger partial charge in [-0.2, -0.15) is 0 Å². The number of benzene rings is 1. The second kappa shape index (κ2) is 4.25. The summed E-state index contributed by atoms with van der Waals surface area (Å²) in [6.45, 7) is 0. The van der Waals surface area contributed by atoms with Crippen LogP contribution >= 0.6 is 0 Å². The predicted octanol–water partition coefficient (Wildman–Crippen LogP) is 2.01. The van der Waals surface area contributed by atoms with E-state index in [9.17, 15) is 0 Å². The minimum absolute atomic E-state index is 0.587. The van der Waals surface area contributed by atoms with Crippen molar-refractivity contribution in [2.24, 2.45) is 0 Å². The molecule has 0 N–H and O–H groups in total. The number of hydrogen-bond acceptors (Lipinski definition) is 4. The smallest absolute Gasteiger partial charge is 0.200 e. The zero-order valence-electron chi connectivity index (χ0n) is 9.11. The third kappa shape index (κ3) is 2.10. The molecule has 0 aliphatic carbocycles. The molecule has 0 bridgehead atoms. The van der Waals surface area contributed by atoms with Crippen LogP contribution in [0.2, 0.25) is 0 Å². The zero-order valence-corrected chi connectivity index (χ0v) is 9.11. The maximum absolute atomic E-state index is 4.43. The van der Waals surface area contributed by atoms with Crippen molar-refractivity contribution in [2.75, 3.05) is 0 Å². The first kappa shape index (κ1) is 9.84. The molecular weight excluding hydrogens is 212 g/mol. The minimum atomic E-state index is 0.587. The van der Waals surface area contributed by atoms with E-state index in [0.29, 0.717) is 12.1 Å². The van der Waals surface area contributed by atoms with Gasteiger partial charge in [0, 0.05) is 12.6 Å². The highest BCUT2D eigenvalue weighted by molar-refractivity contribution is 5.67. The lowest BCUT2D eigenvalue weighted by Crippen LogP contribution is -2.00. The van der Waals surface area contributed by atoms with Crippen LogP contribution in [0.25, 0.3) is 11.2 Å². The van der Waals surface area contributed by atoms with Gasteiger partial charge in [0.05, 0.1) is 0 Å². The molecule has 4 heteroatoms. The largest absolute Gasteiger partial charge is 0.234 e. The van der Waals surface area contributed by atoms with E-state index in [0.717, 1.165) is 11.3 Å². The van der Waals surface area contributed by atoms with Gasteiger partial charge in [-0.25, -0.2) is 9.97 Å². The summed E-state index contributed by atoms with van der Waals surface area (Å²) in [6.07, 6.45) is 2.38. The van der Waals surface area contributed by atoms with Crippen LogP contribution in [0.15, 0.2) is 48.7 Å². The number of nitrogens with zero attached hydrogens (tertiary/aromatic N) is 4. The molecule has 2 aromatic heterocycles. The fourth-order valence-electron chi connectivity index (χ4n) is 1.67. The predicted molar refractivity (Wildman–Crippen MR) is 64.4 cm³/mol. The lowest BCUT2D eigenvalue weighted by Gasteiger charge is -2.00. The Morgan fingerprint density at radius 3 is 2.65 bits per heavy atom. The molecule has 0 amide bonds. The summed E-state index contributed by atoms with van der Waals surface area (Å²) in [6, 6.07) is 13.9. The Hall–Kier alpha value is -2.36. The van der Waals surface area contributed by atoms with Crippen molar-refractivity contribution >= 4 is 11.2 Å². The normalized spacial score (nSPS) is 10.6. The third-order valence-electron chi connectivity index (χ3n) is 2.48. The lowest BCUT2D eigenvalue weighted by molar-refractivity contribution is 0.891. The third-order valence-corrected chi connectivity index (χ3v) is 2.48. The van der Waals surface area contributed by atoms with Gasteiger partial charge in [0.2, 0.25) is 0 Å². The van der Waals surface area contributed by atoms with Crippen LogP contribution in [0.3, 0.4) is 0 Å². The molecule has 0 aliphatic heterocycles. The highest BCUT2D eigenvalue weighted by Gasteiger charge is 2.02. The molecule has 0 unspecified atom stereocenters. The SMILES string of the molecule is c1ccc(Cc2nnc3ncccc3n2)cc1. The average Bonchev–Trinajstić information content (AvgIpc) is 2.40. The van der Waals surface area contributed by atoms with E-state index >= 15 is 0 Å². The summed E-state index contributed by atoms with van der Waals surface area (Å²) in [5, 5.41) is 8.13. The molecule has 1 aromatic carbocycles. The van der Waals surface area contributed by atoms with Crippen molar-refractivity contribution in [2.45, 2.75) is 6.42 Å².